The smallest absolute Gasteiger partial charge is 0.288 e. The summed E-state index contributed by atoms with van der Waals surface area (Å²) in [5.74, 6) is 0.710. The third kappa shape index (κ3) is 4.89. The molecule has 0 atom stereocenters. The van der Waals surface area contributed by atoms with Crippen molar-refractivity contribution < 1.29 is 9.72 Å². The minimum atomic E-state index is -0.509. The highest BCUT2D eigenvalue weighted by molar-refractivity contribution is 8.13. The van der Waals surface area contributed by atoms with Gasteiger partial charge in [-0.05, 0) is 18.1 Å². The first kappa shape index (κ1) is 14.7. The average molecular weight is 286 g/mol. The predicted molar refractivity (Wildman–Crippen MR) is 74.9 cm³/mol. The lowest BCUT2D eigenvalue weighted by molar-refractivity contribution is -0.384. The molecule has 1 aromatic carbocycles. The zero-order chi connectivity index (χ0) is 13.5. The topological polar surface area (TPSA) is 60.2 Å². The molecule has 6 heteroatoms. The van der Waals surface area contributed by atoms with Crippen LogP contribution in [0.5, 0.6) is 0 Å². The van der Waals surface area contributed by atoms with Crippen molar-refractivity contribution >= 4 is 40.2 Å². The van der Waals surface area contributed by atoms with Gasteiger partial charge in [-0.3, -0.25) is 14.9 Å². The second kappa shape index (κ2) is 7.18. The Labute approximate surface area is 114 Å². The highest BCUT2D eigenvalue weighted by Crippen LogP contribution is 2.25. The van der Waals surface area contributed by atoms with Crippen molar-refractivity contribution in [3.63, 3.8) is 0 Å². The molecule has 96 valence electrons. The summed E-state index contributed by atoms with van der Waals surface area (Å²) in [4.78, 5) is 20.9. The average Bonchev–Trinajstić information content (AvgIpc) is 2.30. The monoisotopic (exact) mass is 285 g/mol. The first-order valence-electron chi connectivity index (χ1n) is 5.24. The Kier molecular flexibility index (Phi) is 5.88. The van der Waals surface area contributed by atoms with Gasteiger partial charge in [0.15, 0.2) is 5.12 Å². The number of hydrogen-bond acceptors (Lipinski definition) is 4. The van der Waals surface area contributed by atoms with Crippen LogP contribution in [0.3, 0.4) is 0 Å². The molecule has 1 rings (SSSR count). The van der Waals surface area contributed by atoms with Gasteiger partial charge in [-0.15, -0.1) is 0 Å². The van der Waals surface area contributed by atoms with Crippen LogP contribution < -0.4 is 0 Å². The van der Waals surface area contributed by atoms with Gasteiger partial charge < -0.3 is 0 Å². The maximum absolute atomic E-state index is 10.7. The normalized spacial score (nSPS) is 10.8. The molecule has 0 unspecified atom stereocenters. The van der Waals surface area contributed by atoms with E-state index >= 15 is 0 Å². The van der Waals surface area contributed by atoms with Crippen molar-refractivity contribution in [2.75, 3.05) is 5.75 Å². The fraction of sp³-hybridized carbons (Fsp3) is 0.250. The van der Waals surface area contributed by atoms with E-state index in [0.717, 1.165) is 12.0 Å². The van der Waals surface area contributed by atoms with Crippen LogP contribution in [0.4, 0.5) is 5.69 Å². The van der Waals surface area contributed by atoms with Gasteiger partial charge >= 0.3 is 0 Å². The van der Waals surface area contributed by atoms with E-state index in [1.807, 2.05) is 6.08 Å². The summed E-state index contributed by atoms with van der Waals surface area (Å²) in [6.07, 6.45) is 4.40. The van der Waals surface area contributed by atoms with E-state index in [-0.39, 0.29) is 15.8 Å². The number of rotatable bonds is 5. The second-order valence-electron chi connectivity index (χ2n) is 3.50. The van der Waals surface area contributed by atoms with E-state index < -0.39 is 4.92 Å². The molecule has 0 heterocycles. The van der Waals surface area contributed by atoms with Crippen LogP contribution >= 0.6 is 23.4 Å². The number of carbonyl (C=O) groups is 1. The molecule has 0 fully saturated rings. The molecule has 18 heavy (non-hydrogen) atoms. The quantitative estimate of drug-likeness (QED) is 0.467. The zero-order valence-corrected chi connectivity index (χ0v) is 11.3. The fourth-order valence-electron chi connectivity index (χ4n) is 1.26. The van der Waals surface area contributed by atoms with Gasteiger partial charge in [0, 0.05) is 18.7 Å². The van der Waals surface area contributed by atoms with E-state index in [4.69, 9.17) is 11.6 Å². The van der Waals surface area contributed by atoms with Crippen molar-refractivity contribution in [2.24, 2.45) is 0 Å². The third-order valence-electron chi connectivity index (χ3n) is 2.07. The molecule has 1 aromatic rings. The van der Waals surface area contributed by atoms with Crippen molar-refractivity contribution in [2.45, 2.75) is 13.3 Å². The Balaban J connectivity index is 2.62. The molecule has 0 saturated heterocycles. The number of nitrogens with zero attached hydrogens (tertiary/aromatic N) is 1. The molecule has 0 amide bonds. The number of nitro groups is 1. The summed E-state index contributed by atoms with van der Waals surface area (Å²) in [6, 6.07) is 4.64. The van der Waals surface area contributed by atoms with Gasteiger partial charge in [0.1, 0.15) is 5.02 Å². The molecule has 0 N–H and O–H groups in total. The first-order chi connectivity index (χ1) is 8.50. The number of carbonyl (C=O) groups excluding carboxylic acids is 1. The van der Waals surface area contributed by atoms with Crippen molar-refractivity contribution in [3.05, 3.63) is 45.0 Å². The Morgan fingerprint density at radius 2 is 2.28 bits per heavy atom. The summed E-state index contributed by atoms with van der Waals surface area (Å²) in [7, 11) is 0. The minimum Gasteiger partial charge on any atom is -0.288 e. The van der Waals surface area contributed by atoms with Crippen LogP contribution in [0, 0.1) is 10.1 Å². The lowest BCUT2D eigenvalue weighted by Gasteiger charge is -1.97. The lowest BCUT2D eigenvalue weighted by atomic mass is 10.2. The molecular formula is C12H12ClNO3S. The number of thioether (sulfide) groups is 1. The Hall–Kier alpha value is -1.33. The summed E-state index contributed by atoms with van der Waals surface area (Å²) < 4.78 is 0. The standard InChI is InChI=1S/C12H12ClNO3S/c1-9(15)18-7-3-2-4-10-5-6-11(13)12(8-10)14(16)17/h2,4-6,8H,3,7H2,1H3. The molecule has 0 aliphatic carbocycles. The first-order valence-corrected chi connectivity index (χ1v) is 6.61. The molecule has 0 aromatic heterocycles. The van der Waals surface area contributed by atoms with Gasteiger partial charge in [0.2, 0.25) is 0 Å². The predicted octanol–water partition coefficient (Wildman–Crippen LogP) is 3.93. The van der Waals surface area contributed by atoms with Crippen LogP contribution in [0.1, 0.15) is 18.9 Å². The summed E-state index contributed by atoms with van der Waals surface area (Å²) in [5.41, 5.74) is 0.621. The van der Waals surface area contributed by atoms with E-state index in [1.54, 1.807) is 12.1 Å². The molecule has 0 radical (unpaired) electrons. The maximum atomic E-state index is 10.7. The maximum Gasteiger partial charge on any atom is 0.288 e. The number of hydrogen-bond donors (Lipinski definition) is 0. The molecule has 4 nitrogen and oxygen atoms in total. The summed E-state index contributed by atoms with van der Waals surface area (Å²) >= 11 is 6.96. The number of allylic oxidation sites excluding steroid dienone is 1. The van der Waals surface area contributed by atoms with Crippen molar-refractivity contribution in [1.29, 1.82) is 0 Å². The molecule has 0 spiro atoms. The molecule has 0 aliphatic heterocycles. The van der Waals surface area contributed by atoms with E-state index in [9.17, 15) is 14.9 Å². The van der Waals surface area contributed by atoms with Crippen LogP contribution in [-0.4, -0.2) is 15.8 Å². The fourth-order valence-corrected chi connectivity index (χ4v) is 1.99. The molecule has 0 bridgehead atoms. The second-order valence-corrected chi connectivity index (χ2v) is 5.18. The van der Waals surface area contributed by atoms with Gasteiger partial charge in [-0.25, -0.2) is 0 Å². The Morgan fingerprint density at radius 1 is 1.56 bits per heavy atom. The summed E-state index contributed by atoms with van der Waals surface area (Å²) in [5, 5.41) is 10.9. The largest absolute Gasteiger partial charge is 0.288 e. The highest BCUT2D eigenvalue weighted by atomic mass is 35.5. The van der Waals surface area contributed by atoms with Crippen LogP contribution in [0.25, 0.3) is 6.08 Å². The zero-order valence-electron chi connectivity index (χ0n) is 9.76. The SMILES string of the molecule is CC(=O)SCCC=Cc1ccc(Cl)c([N+](=O)[O-])c1. The van der Waals surface area contributed by atoms with Crippen LogP contribution in [-0.2, 0) is 4.79 Å². The van der Waals surface area contributed by atoms with Gasteiger partial charge in [0.05, 0.1) is 4.92 Å². The van der Waals surface area contributed by atoms with E-state index in [1.165, 1.54) is 30.8 Å². The van der Waals surface area contributed by atoms with Crippen LogP contribution in [0.15, 0.2) is 24.3 Å². The molecule has 0 saturated carbocycles. The molecular weight excluding hydrogens is 274 g/mol. The minimum absolute atomic E-state index is 0.0885. The summed E-state index contributed by atoms with van der Waals surface area (Å²) in [6.45, 7) is 1.52. The van der Waals surface area contributed by atoms with Gasteiger partial charge in [-0.1, -0.05) is 41.6 Å². The molecule has 0 aliphatic rings. The van der Waals surface area contributed by atoms with Crippen LogP contribution in [0.2, 0.25) is 5.02 Å². The van der Waals surface area contributed by atoms with Gasteiger partial charge in [0.25, 0.3) is 5.69 Å². The van der Waals surface area contributed by atoms with Crippen molar-refractivity contribution in [1.82, 2.24) is 0 Å². The van der Waals surface area contributed by atoms with E-state index in [0.29, 0.717) is 5.75 Å². The number of benzene rings is 1. The van der Waals surface area contributed by atoms with Crippen molar-refractivity contribution in [3.8, 4) is 0 Å². The third-order valence-corrected chi connectivity index (χ3v) is 3.23. The Bertz CT molecular complexity index is 488. The van der Waals surface area contributed by atoms with Gasteiger partial charge in [-0.2, -0.15) is 0 Å². The lowest BCUT2D eigenvalue weighted by Crippen LogP contribution is -1.89. The Morgan fingerprint density at radius 3 is 2.89 bits per heavy atom. The van der Waals surface area contributed by atoms with E-state index in [2.05, 4.69) is 0 Å². The number of halogens is 1. The number of nitro benzene ring substituents is 1. The highest BCUT2D eigenvalue weighted by Gasteiger charge is 2.11.